The summed E-state index contributed by atoms with van der Waals surface area (Å²) < 4.78 is 6.02. The number of carboxylic acids is 1. The fourth-order valence-electron chi connectivity index (χ4n) is 4.33. The molecule has 1 unspecified atom stereocenters. The lowest BCUT2D eigenvalue weighted by molar-refractivity contribution is -0.140. The lowest BCUT2D eigenvalue weighted by atomic mass is 9.84. The quantitative estimate of drug-likeness (QED) is 0.577. The molecular formula is C24H23NO4. The predicted molar refractivity (Wildman–Crippen MR) is 110 cm³/mol. The zero-order valence-electron chi connectivity index (χ0n) is 16.1. The molecule has 1 saturated carbocycles. The van der Waals surface area contributed by atoms with Crippen molar-refractivity contribution in [2.45, 2.75) is 38.2 Å². The molecule has 29 heavy (non-hydrogen) atoms. The normalized spacial score (nSPS) is 15.3. The number of rotatable bonds is 7. The van der Waals surface area contributed by atoms with Gasteiger partial charge in [0.25, 0.3) is 0 Å². The van der Waals surface area contributed by atoms with Crippen LogP contribution >= 0.6 is 0 Å². The highest BCUT2D eigenvalue weighted by atomic mass is 16.5. The minimum absolute atomic E-state index is 0.137. The van der Waals surface area contributed by atoms with E-state index in [9.17, 15) is 14.7 Å². The second-order valence-electron chi connectivity index (χ2n) is 7.52. The molecule has 0 spiro atoms. The number of carbonyl (C=O) groups is 2. The molecule has 148 valence electrons. The van der Waals surface area contributed by atoms with Gasteiger partial charge in [-0.1, -0.05) is 49.2 Å². The number of hydrogen-bond acceptors (Lipinski definition) is 4. The number of benzene rings is 2. The molecule has 1 aliphatic rings. The van der Waals surface area contributed by atoms with Crippen molar-refractivity contribution in [3.05, 3.63) is 71.4 Å². The summed E-state index contributed by atoms with van der Waals surface area (Å²) >= 11 is 0. The third kappa shape index (κ3) is 3.99. The molecule has 1 aliphatic carbocycles. The topological polar surface area (TPSA) is 76.5 Å². The van der Waals surface area contributed by atoms with Crippen LogP contribution in [0.1, 0.15) is 53.2 Å². The number of nitrogens with zero attached hydrogens (tertiary/aromatic N) is 1. The van der Waals surface area contributed by atoms with E-state index in [2.05, 4.69) is 4.98 Å². The van der Waals surface area contributed by atoms with Crippen LogP contribution in [0.25, 0.3) is 10.9 Å². The second-order valence-corrected chi connectivity index (χ2v) is 7.52. The van der Waals surface area contributed by atoms with Crippen LogP contribution in [0.15, 0.2) is 54.6 Å². The maximum Gasteiger partial charge on any atom is 0.311 e. The van der Waals surface area contributed by atoms with Crippen molar-refractivity contribution >= 4 is 23.2 Å². The standard InChI is InChI=1S/C24H23NO4/c26-14-17-13-18(25-21-11-5-3-9-19(17)21)15-29-22-12-6-4-10-20(22)23(24(27)28)16-7-1-2-8-16/h3-6,9-14,16,23H,1-2,7-8,15H2,(H,27,28). The number of para-hydroxylation sites is 2. The predicted octanol–water partition coefficient (Wildman–Crippen LogP) is 4.98. The van der Waals surface area contributed by atoms with Gasteiger partial charge in [0.15, 0.2) is 6.29 Å². The SMILES string of the molecule is O=Cc1cc(COc2ccccc2C(C(=O)O)C2CCCC2)nc2ccccc12. The summed E-state index contributed by atoms with van der Waals surface area (Å²) in [4.78, 5) is 28.1. The number of aldehydes is 1. The molecule has 1 fully saturated rings. The van der Waals surface area contributed by atoms with Crippen molar-refractivity contribution in [2.24, 2.45) is 5.92 Å². The molecule has 0 radical (unpaired) electrons. The van der Waals surface area contributed by atoms with E-state index in [1.807, 2.05) is 48.5 Å². The third-order valence-corrected chi connectivity index (χ3v) is 5.70. The monoisotopic (exact) mass is 389 g/mol. The molecule has 1 heterocycles. The van der Waals surface area contributed by atoms with Crippen LogP contribution in [0.3, 0.4) is 0 Å². The summed E-state index contributed by atoms with van der Waals surface area (Å²) in [5.41, 5.74) is 2.65. The average Bonchev–Trinajstić information content (AvgIpc) is 3.26. The summed E-state index contributed by atoms with van der Waals surface area (Å²) in [5.74, 6) is -0.670. The fraction of sp³-hybridized carbons (Fsp3) is 0.292. The van der Waals surface area contributed by atoms with Gasteiger partial charge in [-0.05, 0) is 37.0 Å². The Morgan fingerprint density at radius 3 is 2.62 bits per heavy atom. The van der Waals surface area contributed by atoms with E-state index in [0.29, 0.717) is 22.6 Å². The van der Waals surface area contributed by atoms with E-state index in [1.165, 1.54) is 0 Å². The van der Waals surface area contributed by atoms with E-state index in [0.717, 1.165) is 42.9 Å². The van der Waals surface area contributed by atoms with E-state index < -0.39 is 11.9 Å². The Labute approximate surface area is 169 Å². The van der Waals surface area contributed by atoms with Gasteiger partial charge in [-0.3, -0.25) is 9.59 Å². The lowest BCUT2D eigenvalue weighted by Crippen LogP contribution is -2.20. The van der Waals surface area contributed by atoms with Crippen molar-refractivity contribution < 1.29 is 19.4 Å². The van der Waals surface area contributed by atoms with Crippen LogP contribution in [0.5, 0.6) is 5.75 Å². The first kappa shape index (κ1) is 19.1. The Balaban J connectivity index is 1.62. The van der Waals surface area contributed by atoms with Gasteiger partial charge in [-0.2, -0.15) is 0 Å². The van der Waals surface area contributed by atoms with E-state index >= 15 is 0 Å². The number of aromatic nitrogens is 1. The average molecular weight is 389 g/mol. The molecule has 5 nitrogen and oxygen atoms in total. The number of carbonyl (C=O) groups excluding carboxylic acids is 1. The van der Waals surface area contributed by atoms with Crippen LogP contribution < -0.4 is 4.74 Å². The number of pyridine rings is 1. The van der Waals surface area contributed by atoms with Crippen molar-refractivity contribution in [3.63, 3.8) is 0 Å². The van der Waals surface area contributed by atoms with Gasteiger partial charge in [-0.15, -0.1) is 0 Å². The van der Waals surface area contributed by atoms with E-state index in [-0.39, 0.29) is 12.5 Å². The molecular weight excluding hydrogens is 366 g/mol. The number of fused-ring (bicyclic) bond motifs is 1. The maximum atomic E-state index is 12.0. The van der Waals surface area contributed by atoms with Gasteiger partial charge in [0.05, 0.1) is 17.1 Å². The summed E-state index contributed by atoms with van der Waals surface area (Å²) in [5, 5.41) is 10.7. The molecule has 5 heteroatoms. The molecule has 1 aromatic heterocycles. The zero-order chi connectivity index (χ0) is 20.2. The first-order valence-corrected chi connectivity index (χ1v) is 9.95. The van der Waals surface area contributed by atoms with E-state index in [4.69, 9.17) is 4.74 Å². The van der Waals surface area contributed by atoms with Crippen molar-refractivity contribution in [2.75, 3.05) is 0 Å². The largest absolute Gasteiger partial charge is 0.487 e. The van der Waals surface area contributed by atoms with Gasteiger partial charge in [0.2, 0.25) is 0 Å². The second kappa shape index (κ2) is 8.43. The Hall–Kier alpha value is -3.21. The highest BCUT2D eigenvalue weighted by Gasteiger charge is 2.33. The zero-order valence-corrected chi connectivity index (χ0v) is 16.1. The number of aliphatic carboxylic acids is 1. The molecule has 3 aromatic rings. The van der Waals surface area contributed by atoms with Crippen LogP contribution in [-0.4, -0.2) is 22.3 Å². The number of carboxylic acid groups (broad SMARTS) is 1. The lowest BCUT2D eigenvalue weighted by Gasteiger charge is -2.22. The van der Waals surface area contributed by atoms with Crippen molar-refractivity contribution in [1.82, 2.24) is 4.98 Å². The Kier molecular flexibility index (Phi) is 5.56. The molecule has 4 rings (SSSR count). The smallest absolute Gasteiger partial charge is 0.311 e. The molecule has 0 saturated heterocycles. The molecule has 1 N–H and O–H groups in total. The highest BCUT2D eigenvalue weighted by molar-refractivity contribution is 5.96. The van der Waals surface area contributed by atoms with Crippen LogP contribution in [0, 0.1) is 5.92 Å². The first-order valence-electron chi connectivity index (χ1n) is 9.95. The first-order chi connectivity index (χ1) is 14.2. The third-order valence-electron chi connectivity index (χ3n) is 5.70. The molecule has 0 bridgehead atoms. The van der Waals surface area contributed by atoms with Crippen molar-refractivity contribution in [1.29, 1.82) is 0 Å². The number of hydrogen-bond donors (Lipinski definition) is 1. The van der Waals surface area contributed by atoms with Gasteiger partial charge in [0.1, 0.15) is 12.4 Å². The summed E-state index contributed by atoms with van der Waals surface area (Å²) in [6.45, 7) is 0.166. The summed E-state index contributed by atoms with van der Waals surface area (Å²) in [6, 6.07) is 16.6. The van der Waals surface area contributed by atoms with Gasteiger partial charge < -0.3 is 9.84 Å². The molecule has 2 aromatic carbocycles. The summed E-state index contributed by atoms with van der Waals surface area (Å²) in [6.07, 6.45) is 4.84. The number of ether oxygens (including phenoxy) is 1. The van der Waals surface area contributed by atoms with Crippen LogP contribution in [0.2, 0.25) is 0 Å². The van der Waals surface area contributed by atoms with Crippen molar-refractivity contribution in [3.8, 4) is 5.75 Å². The highest BCUT2D eigenvalue weighted by Crippen LogP contribution is 2.40. The molecule has 0 amide bonds. The molecule has 1 atom stereocenters. The Morgan fingerprint density at radius 2 is 1.86 bits per heavy atom. The van der Waals surface area contributed by atoms with E-state index in [1.54, 1.807) is 6.07 Å². The minimum atomic E-state index is -0.806. The summed E-state index contributed by atoms with van der Waals surface area (Å²) in [7, 11) is 0. The maximum absolute atomic E-state index is 12.0. The fourth-order valence-corrected chi connectivity index (χ4v) is 4.33. The van der Waals surface area contributed by atoms with Crippen LogP contribution in [-0.2, 0) is 11.4 Å². The van der Waals surface area contributed by atoms with Gasteiger partial charge in [-0.25, -0.2) is 4.98 Å². The Bertz CT molecular complexity index is 1040. The minimum Gasteiger partial charge on any atom is -0.487 e. The van der Waals surface area contributed by atoms with Gasteiger partial charge >= 0.3 is 5.97 Å². The molecule has 0 aliphatic heterocycles. The van der Waals surface area contributed by atoms with Crippen LogP contribution in [0.4, 0.5) is 0 Å². The Morgan fingerprint density at radius 1 is 1.14 bits per heavy atom. The van der Waals surface area contributed by atoms with Gasteiger partial charge in [0, 0.05) is 16.5 Å².